The summed E-state index contributed by atoms with van der Waals surface area (Å²) in [5.74, 6) is -0.567. The van der Waals surface area contributed by atoms with Crippen LogP contribution in [0, 0.1) is 0 Å². The Balaban J connectivity index is 1.67. The van der Waals surface area contributed by atoms with Gasteiger partial charge in [0.2, 0.25) is 5.91 Å². The van der Waals surface area contributed by atoms with Crippen LogP contribution in [0.5, 0.6) is 0 Å². The average molecular weight is 334 g/mol. The van der Waals surface area contributed by atoms with E-state index in [4.69, 9.17) is 4.42 Å². The number of rotatable bonds is 3. The van der Waals surface area contributed by atoms with E-state index in [-0.39, 0.29) is 12.5 Å². The molecule has 3 rings (SSSR count). The molecule has 0 radical (unpaired) electrons. The topological polar surface area (TPSA) is 70.8 Å². The molecule has 2 saturated heterocycles. The average Bonchev–Trinajstić information content (AvgIpc) is 3.01. The number of carbonyl (C=O) groups is 3. The van der Waals surface area contributed by atoms with Crippen LogP contribution in [-0.2, 0) is 9.59 Å². The zero-order valence-corrected chi connectivity index (χ0v) is 13.5. The zero-order valence-electron chi connectivity index (χ0n) is 12.7. The lowest BCUT2D eigenvalue weighted by atomic mass is 10.2. The van der Waals surface area contributed by atoms with E-state index in [1.807, 2.05) is 0 Å². The quantitative estimate of drug-likeness (QED) is 0.795. The number of amides is 3. The molecule has 0 N–H and O–H groups in total. The van der Waals surface area contributed by atoms with Gasteiger partial charge in [-0.15, -0.1) is 0 Å². The van der Waals surface area contributed by atoms with Crippen LogP contribution in [-0.4, -0.2) is 46.5 Å². The summed E-state index contributed by atoms with van der Waals surface area (Å²) < 4.78 is 4.94. The highest BCUT2D eigenvalue weighted by Gasteiger charge is 2.37. The van der Waals surface area contributed by atoms with Crippen molar-refractivity contribution < 1.29 is 18.8 Å². The Morgan fingerprint density at radius 3 is 2.61 bits per heavy atom. The summed E-state index contributed by atoms with van der Waals surface area (Å²) in [6.45, 7) is 1.24. The van der Waals surface area contributed by atoms with Gasteiger partial charge in [0.1, 0.15) is 6.54 Å². The fraction of sp³-hybridized carbons (Fsp3) is 0.438. The molecule has 7 heteroatoms. The third kappa shape index (κ3) is 3.67. The summed E-state index contributed by atoms with van der Waals surface area (Å²) in [5.41, 5.74) is 0.717. The van der Waals surface area contributed by atoms with Crippen molar-refractivity contribution in [3.05, 3.63) is 29.1 Å². The number of carbonyl (C=O) groups excluding carboxylic acids is 3. The van der Waals surface area contributed by atoms with E-state index in [0.29, 0.717) is 23.6 Å². The molecule has 1 aromatic heterocycles. The lowest BCUT2D eigenvalue weighted by molar-refractivity contribution is -0.135. The fourth-order valence-corrected chi connectivity index (χ4v) is 3.54. The smallest absolute Gasteiger partial charge is 0.294 e. The molecule has 0 unspecified atom stereocenters. The summed E-state index contributed by atoms with van der Waals surface area (Å²) in [7, 11) is 0. The number of hydrogen-bond acceptors (Lipinski definition) is 5. The third-order valence-corrected chi connectivity index (χ3v) is 4.87. The monoisotopic (exact) mass is 334 g/mol. The van der Waals surface area contributed by atoms with E-state index in [1.165, 1.54) is 12.5 Å². The molecular weight excluding hydrogens is 316 g/mol. The van der Waals surface area contributed by atoms with Gasteiger partial charge in [0.25, 0.3) is 11.1 Å². The van der Waals surface area contributed by atoms with Crippen molar-refractivity contribution in [2.75, 3.05) is 19.6 Å². The molecule has 2 aliphatic rings. The van der Waals surface area contributed by atoms with Gasteiger partial charge in [0, 0.05) is 18.7 Å². The molecule has 1 aromatic rings. The number of nitrogens with zero attached hydrogens (tertiary/aromatic N) is 2. The molecule has 0 aromatic carbocycles. The summed E-state index contributed by atoms with van der Waals surface area (Å²) in [6, 6.07) is 1.70. The van der Waals surface area contributed by atoms with Gasteiger partial charge in [0.05, 0.1) is 17.4 Å². The van der Waals surface area contributed by atoms with Crippen LogP contribution in [0.4, 0.5) is 4.79 Å². The SMILES string of the molecule is O=C(CN1C(=O)SC(=Cc2ccoc2)C1=O)N1CCCCCC1. The maximum atomic E-state index is 12.4. The van der Waals surface area contributed by atoms with Gasteiger partial charge in [-0.1, -0.05) is 12.8 Å². The second-order valence-corrected chi connectivity index (χ2v) is 6.61. The molecule has 0 aliphatic carbocycles. The molecule has 3 amide bonds. The van der Waals surface area contributed by atoms with Crippen LogP contribution in [0.3, 0.4) is 0 Å². The maximum Gasteiger partial charge on any atom is 0.294 e. The Bertz CT molecular complexity index is 631. The highest BCUT2D eigenvalue weighted by molar-refractivity contribution is 8.18. The van der Waals surface area contributed by atoms with Crippen molar-refractivity contribution >= 4 is 34.9 Å². The van der Waals surface area contributed by atoms with Crippen molar-refractivity contribution in [1.29, 1.82) is 0 Å². The maximum absolute atomic E-state index is 12.4. The normalized spacial score (nSPS) is 21.1. The van der Waals surface area contributed by atoms with Crippen LogP contribution in [0.15, 0.2) is 27.9 Å². The van der Waals surface area contributed by atoms with Gasteiger partial charge >= 0.3 is 0 Å². The van der Waals surface area contributed by atoms with Gasteiger partial charge < -0.3 is 9.32 Å². The first-order valence-electron chi connectivity index (χ1n) is 7.70. The van der Waals surface area contributed by atoms with Crippen LogP contribution in [0.2, 0.25) is 0 Å². The molecule has 0 atom stereocenters. The van der Waals surface area contributed by atoms with Crippen molar-refractivity contribution in [2.24, 2.45) is 0 Å². The van der Waals surface area contributed by atoms with Crippen LogP contribution in [0.25, 0.3) is 6.08 Å². The van der Waals surface area contributed by atoms with Crippen molar-refractivity contribution in [2.45, 2.75) is 25.7 Å². The Kier molecular flexibility index (Phi) is 4.85. The van der Waals surface area contributed by atoms with E-state index in [2.05, 4.69) is 0 Å². The van der Waals surface area contributed by atoms with Crippen LogP contribution < -0.4 is 0 Å². The minimum absolute atomic E-state index is 0.154. The molecule has 23 heavy (non-hydrogen) atoms. The standard InChI is InChI=1S/C16H18N2O4S/c19-14(17-6-3-1-2-4-7-17)10-18-15(20)13(23-16(18)21)9-12-5-8-22-11-12/h5,8-9,11H,1-4,6-7,10H2. The summed E-state index contributed by atoms with van der Waals surface area (Å²) >= 11 is 0.859. The Morgan fingerprint density at radius 2 is 1.96 bits per heavy atom. The molecule has 0 spiro atoms. The molecule has 2 aliphatic heterocycles. The molecule has 122 valence electrons. The first kappa shape index (κ1) is 15.9. The largest absolute Gasteiger partial charge is 0.472 e. The number of hydrogen-bond donors (Lipinski definition) is 0. The lowest BCUT2D eigenvalue weighted by Gasteiger charge is -2.22. The second-order valence-electron chi connectivity index (χ2n) is 5.62. The third-order valence-electron chi connectivity index (χ3n) is 3.97. The molecule has 0 bridgehead atoms. The molecule has 2 fully saturated rings. The summed E-state index contributed by atoms with van der Waals surface area (Å²) in [5, 5.41) is -0.395. The van der Waals surface area contributed by atoms with Crippen molar-refractivity contribution in [3.63, 3.8) is 0 Å². The van der Waals surface area contributed by atoms with Crippen molar-refractivity contribution in [1.82, 2.24) is 9.80 Å². The van der Waals surface area contributed by atoms with Crippen molar-refractivity contribution in [3.8, 4) is 0 Å². The minimum atomic E-state index is -0.413. The predicted octanol–water partition coefficient (Wildman–Crippen LogP) is 2.72. The van der Waals surface area contributed by atoms with Gasteiger partial charge in [-0.3, -0.25) is 19.3 Å². The Hall–Kier alpha value is -2.02. The van der Waals surface area contributed by atoms with E-state index >= 15 is 0 Å². The number of furan rings is 1. The molecule has 6 nitrogen and oxygen atoms in total. The van der Waals surface area contributed by atoms with E-state index in [0.717, 1.165) is 42.3 Å². The van der Waals surface area contributed by atoms with Gasteiger partial charge in [-0.25, -0.2) is 0 Å². The first-order chi connectivity index (χ1) is 11.1. The highest BCUT2D eigenvalue weighted by atomic mass is 32.2. The Labute approximate surface area is 138 Å². The van der Waals surface area contributed by atoms with Gasteiger partial charge in [0.15, 0.2) is 0 Å². The highest BCUT2D eigenvalue weighted by Crippen LogP contribution is 2.32. The molecule has 0 saturated carbocycles. The van der Waals surface area contributed by atoms with Crippen LogP contribution >= 0.6 is 11.8 Å². The summed E-state index contributed by atoms with van der Waals surface area (Å²) in [6.07, 6.45) is 8.81. The first-order valence-corrected chi connectivity index (χ1v) is 8.52. The predicted molar refractivity (Wildman–Crippen MR) is 86.4 cm³/mol. The van der Waals surface area contributed by atoms with E-state index < -0.39 is 11.1 Å². The second kappa shape index (κ2) is 7.04. The lowest BCUT2D eigenvalue weighted by Crippen LogP contribution is -2.42. The number of thioether (sulfide) groups is 1. The molecule has 3 heterocycles. The molecular formula is C16H18N2O4S. The fourth-order valence-electron chi connectivity index (χ4n) is 2.70. The van der Waals surface area contributed by atoms with E-state index in [9.17, 15) is 14.4 Å². The van der Waals surface area contributed by atoms with Crippen LogP contribution in [0.1, 0.15) is 31.2 Å². The Morgan fingerprint density at radius 1 is 1.22 bits per heavy atom. The summed E-state index contributed by atoms with van der Waals surface area (Å²) in [4.78, 5) is 39.9. The minimum Gasteiger partial charge on any atom is -0.472 e. The zero-order chi connectivity index (χ0) is 16.2. The van der Waals surface area contributed by atoms with E-state index in [1.54, 1.807) is 17.0 Å². The van der Waals surface area contributed by atoms with Gasteiger partial charge in [-0.05, 0) is 36.7 Å². The number of imide groups is 1. The van der Waals surface area contributed by atoms with Gasteiger partial charge in [-0.2, -0.15) is 0 Å². The number of likely N-dealkylation sites (tertiary alicyclic amines) is 1.